The second kappa shape index (κ2) is 8.53. The molecule has 4 aromatic rings. The summed E-state index contributed by atoms with van der Waals surface area (Å²) < 4.78 is 14.3. The van der Waals surface area contributed by atoms with Crippen molar-refractivity contribution in [2.24, 2.45) is 0 Å². The number of aromatic nitrogens is 1. The normalized spacial score (nSPS) is 11.0. The number of aryl methyl sites for hydroxylation is 1. The van der Waals surface area contributed by atoms with Crippen LogP contribution in [0, 0.1) is 5.82 Å². The number of fused-ring (bicyclic) bond motifs is 1. The summed E-state index contributed by atoms with van der Waals surface area (Å²) in [5.74, 6) is -0.331. The molecule has 0 saturated heterocycles. The Kier molecular flexibility index (Phi) is 5.67. The summed E-state index contributed by atoms with van der Waals surface area (Å²) in [5, 5.41) is 0.588. The number of carbonyl (C=O) groups excluding carboxylic acids is 1. The van der Waals surface area contributed by atoms with Gasteiger partial charge in [0.25, 0.3) is 0 Å². The first-order chi connectivity index (χ1) is 14.1. The van der Waals surface area contributed by atoms with E-state index in [0.717, 1.165) is 22.2 Å². The van der Waals surface area contributed by atoms with Crippen molar-refractivity contribution in [3.8, 4) is 0 Å². The largest absolute Gasteiger partial charge is 0.283 e. The molecule has 5 heteroatoms. The molecule has 0 atom stereocenters. The summed E-state index contributed by atoms with van der Waals surface area (Å²) in [4.78, 5) is 19.5. The first-order valence-corrected chi connectivity index (χ1v) is 10.4. The van der Waals surface area contributed by atoms with E-state index < -0.39 is 0 Å². The van der Waals surface area contributed by atoms with E-state index in [1.807, 2.05) is 42.5 Å². The lowest BCUT2D eigenvalue weighted by Gasteiger charge is -2.20. The minimum absolute atomic E-state index is 0.0300. The van der Waals surface area contributed by atoms with Crippen LogP contribution in [0.3, 0.4) is 0 Å². The van der Waals surface area contributed by atoms with Crippen LogP contribution >= 0.6 is 11.3 Å². The Hall–Kier alpha value is -3.05. The molecule has 1 heterocycles. The molecule has 0 N–H and O–H groups in total. The van der Waals surface area contributed by atoms with Crippen molar-refractivity contribution in [1.82, 2.24) is 4.98 Å². The highest BCUT2D eigenvalue weighted by Gasteiger charge is 2.20. The third-order valence-corrected chi connectivity index (χ3v) is 5.88. The molecule has 3 nitrogen and oxygen atoms in total. The number of amides is 1. The molecule has 1 amide bonds. The zero-order chi connectivity index (χ0) is 20.2. The van der Waals surface area contributed by atoms with Gasteiger partial charge in [-0.05, 0) is 41.3 Å². The molecule has 0 aliphatic rings. The van der Waals surface area contributed by atoms with E-state index in [-0.39, 0.29) is 11.7 Å². The minimum atomic E-state index is -0.301. The predicted octanol–water partition coefficient (Wildman–Crippen LogP) is 5.77. The Bertz CT molecular complexity index is 1120. The molecule has 0 aliphatic carbocycles. The molecule has 0 fully saturated rings. The third kappa shape index (κ3) is 4.51. The number of carbonyl (C=O) groups is 1. The maximum absolute atomic E-state index is 13.6. The molecular formula is C24H21FN2OS. The zero-order valence-corrected chi connectivity index (χ0v) is 17.0. The highest BCUT2D eigenvalue weighted by molar-refractivity contribution is 7.22. The average Bonchev–Trinajstić information content (AvgIpc) is 3.16. The van der Waals surface area contributed by atoms with E-state index in [2.05, 4.69) is 24.0 Å². The molecule has 0 unspecified atom stereocenters. The van der Waals surface area contributed by atoms with Crippen LogP contribution in [0.1, 0.15) is 23.6 Å². The van der Waals surface area contributed by atoms with Gasteiger partial charge < -0.3 is 0 Å². The van der Waals surface area contributed by atoms with Crippen LogP contribution in [0.15, 0.2) is 72.8 Å². The molecule has 0 spiro atoms. The van der Waals surface area contributed by atoms with Gasteiger partial charge in [-0.2, -0.15) is 0 Å². The molecule has 146 valence electrons. The molecule has 4 rings (SSSR count). The number of nitrogens with zero attached hydrogens (tertiary/aromatic N) is 2. The maximum atomic E-state index is 13.6. The van der Waals surface area contributed by atoms with E-state index >= 15 is 0 Å². The molecule has 29 heavy (non-hydrogen) atoms. The number of halogens is 1. The van der Waals surface area contributed by atoms with Crippen molar-refractivity contribution in [1.29, 1.82) is 0 Å². The Balaban J connectivity index is 1.65. The van der Waals surface area contributed by atoms with Gasteiger partial charge in [-0.25, -0.2) is 9.37 Å². The topological polar surface area (TPSA) is 33.2 Å². The van der Waals surface area contributed by atoms with Gasteiger partial charge in [0, 0.05) is 0 Å². The van der Waals surface area contributed by atoms with Gasteiger partial charge in [-0.3, -0.25) is 9.69 Å². The fourth-order valence-corrected chi connectivity index (χ4v) is 4.20. The molecular weight excluding hydrogens is 383 g/mol. The van der Waals surface area contributed by atoms with Crippen molar-refractivity contribution < 1.29 is 9.18 Å². The van der Waals surface area contributed by atoms with Crippen LogP contribution in [-0.2, 0) is 24.2 Å². The fraction of sp³-hybridized carbons (Fsp3) is 0.167. The second-order valence-electron chi connectivity index (χ2n) is 6.92. The summed E-state index contributed by atoms with van der Waals surface area (Å²) in [7, 11) is 0. The first kappa shape index (κ1) is 19.3. The highest BCUT2D eigenvalue weighted by Crippen LogP contribution is 2.31. The summed E-state index contributed by atoms with van der Waals surface area (Å²) in [5.41, 5.74) is 3.94. The predicted molar refractivity (Wildman–Crippen MR) is 117 cm³/mol. The summed E-state index contributed by atoms with van der Waals surface area (Å²) in [6.45, 7) is 2.53. The quantitative estimate of drug-likeness (QED) is 0.408. The van der Waals surface area contributed by atoms with Gasteiger partial charge in [-0.1, -0.05) is 72.9 Å². The number of anilines is 1. The van der Waals surface area contributed by atoms with Crippen LogP contribution in [-0.4, -0.2) is 10.9 Å². The van der Waals surface area contributed by atoms with Crippen molar-refractivity contribution in [3.63, 3.8) is 0 Å². The lowest BCUT2D eigenvalue weighted by atomic mass is 10.1. The Labute approximate surface area is 173 Å². The molecule has 3 aromatic carbocycles. The summed E-state index contributed by atoms with van der Waals surface area (Å²) in [6, 6.07) is 22.5. The van der Waals surface area contributed by atoms with Crippen molar-refractivity contribution in [2.45, 2.75) is 26.3 Å². The second-order valence-corrected chi connectivity index (χ2v) is 7.93. The van der Waals surface area contributed by atoms with Crippen LogP contribution in [0.25, 0.3) is 10.2 Å². The molecule has 0 saturated carbocycles. The maximum Gasteiger partial charge on any atom is 0.233 e. The number of hydrogen-bond donors (Lipinski definition) is 0. The summed E-state index contributed by atoms with van der Waals surface area (Å²) in [6.07, 6.45) is 1.26. The van der Waals surface area contributed by atoms with E-state index in [4.69, 9.17) is 0 Å². The summed E-state index contributed by atoms with van der Waals surface area (Å²) >= 11 is 1.34. The van der Waals surface area contributed by atoms with E-state index in [9.17, 15) is 9.18 Å². The molecule has 1 aromatic heterocycles. The number of rotatable bonds is 6. The smallest absolute Gasteiger partial charge is 0.233 e. The minimum Gasteiger partial charge on any atom is -0.283 e. The Morgan fingerprint density at radius 2 is 1.69 bits per heavy atom. The lowest BCUT2D eigenvalue weighted by Crippen LogP contribution is -2.31. The molecule has 0 bridgehead atoms. The van der Waals surface area contributed by atoms with E-state index in [1.54, 1.807) is 11.0 Å². The first-order valence-electron chi connectivity index (χ1n) is 9.60. The van der Waals surface area contributed by atoms with Gasteiger partial charge in [0.2, 0.25) is 5.91 Å². The van der Waals surface area contributed by atoms with Gasteiger partial charge in [0.1, 0.15) is 5.82 Å². The van der Waals surface area contributed by atoms with Gasteiger partial charge in [0.05, 0.1) is 23.2 Å². The Morgan fingerprint density at radius 3 is 2.41 bits per heavy atom. The van der Waals surface area contributed by atoms with Crippen molar-refractivity contribution >= 4 is 32.6 Å². The van der Waals surface area contributed by atoms with E-state index in [0.29, 0.717) is 23.6 Å². The zero-order valence-electron chi connectivity index (χ0n) is 16.1. The van der Waals surface area contributed by atoms with E-state index in [1.165, 1.54) is 29.0 Å². The van der Waals surface area contributed by atoms with Crippen LogP contribution in [0.4, 0.5) is 9.52 Å². The number of benzene rings is 3. The third-order valence-electron chi connectivity index (χ3n) is 4.84. The lowest BCUT2D eigenvalue weighted by molar-refractivity contribution is -0.118. The SMILES string of the molecule is CCc1ccc(CC(=O)N(Cc2ccccc2)c2nc3ccc(F)cc3s2)cc1. The van der Waals surface area contributed by atoms with Crippen molar-refractivity contribution in [3.05, 3.63) is 95.3 Å². The van der Waals surface area contributed by atoms with Gasteiger partial charge in [-0.15, -0.1) is 0 Å². The Morgan fingerprint density at radius 1 is 0.966 bits per heavy atom. The van der Waals surface area contributed by atoms with Gasteiger partial charge in [0.15, 0.2) is 5.13 Å². The van der Waals surface area contributed by atoms with Crippen LogP contribution < -0.4 is 4.90 Å². The highest BCUT2D eigenvalue weighted by atomic mass is 32.1. The molecule has 0 aliphatic heterocycles. The van der Waals surface area contributed by atoms with Crippen molar-refractivity contribution in [2.75, 3.05) is 4.90 Å². The fourth-order valence-electron chi connectivity index (χ4n) is 3.19. The number of thiazole rings is 1. The van der Waals surface area contributed by atoms with Crippen LogP contribution in [0.2, 0.25) is 0 Å². The van der Waals surface area contributed by atoms with Crippen LogP contribution in [0.5, 0.6) is 0 Å². The monoisotopic (exact) mass is 404 g/mol. The standard InChI is InChI=1S/C24H21FN2OS/c1-2-17-8-10-18(11-9-17)14-23(28)27(16-19-6-4-3-5-7-19)24-26-21-13-12-20(25)15-22(21)29-24/h3-13,15H,2,14,16H2,1H3. The average molecular weight is 405 g/mol. The van der Waals surface area contributed by atoms with Gasteiger partial charge >= 0.3 is 0 Å². The molecule has 0 radical (unpaired) electrons. The number of hydrogen-bond acceptors (Lipinski definition) is 3.